The predicted molar refractivity (Wildman–Crippen MR) is 65.6 cm³/mol. The summed E-state index contributed by atoms with van der Waals surface area (Å²) in [6.45, 7) is 3.56. The molecule has 0 radical (unpaired) electrons. The summed E-state index contributed by atoms with van der Waals surface area (Å²) in [5.41, 5.74) is 0. The lowest BCUT2D eigenvalue weighted by Gasteiger charge is -2.29. The molecule has 3 N–H and O–H groups in total. The van der Waals surface area contributed by atoms with Gasteiger partial charge in [-0.3, -0.25) is 4.79 Å². The van der Waals surface area contributed by atoms with E-state index < -0.39 is 0 Å². The lowest BCUT2D eigenvalue weighted by molar-refractivity contribution is -0.123. The fourth-order valence-electron chi connectivity index (χ4n) is 2.55. The molecule has 2 unspecified atom stereocenters. The third-order valence-corrected chi connectivity index (χ3v) is 3.83. The number of aliphatic hydroxyl groups excluding tert-OH is 1. The van der Waals surface area contributed by atoms with Crippen LogP contribution in [0.4, 0.5) is 0 Å². The van der Waals surface area contributed by atoms with E-state index in [9.17, 15) is 9.90 Å². The van der Waals surface area contributed by atoms with Crippen LogP contribution in [0.25, 0.3) is 0 Å². The van der Waals surface area contributed by atoms with E-state index in [1.807, 2.05) is 0 Å². The Morgan fingerprint density at radius 2 is 2.18 bits per heavy atom. The van der Waals surface area contributed by atoms with E-state index in [1.165, 1.54) is 0 Å². The van der Waals surface area contributed by atoms with E-state index in [2.05, 4.69) is 22.6 Å². The van der Waals surface area contributed by atoms with Crippen LogP contribution < -0.4 is 10.6 Å². The van der Waals surface area contributed by atoms with E-state index in [-0.39, 0.29) is 18.1 Å². The summed E-state index contributed by atoms with van der Waals surface area (Å²) in [7, 11) is 2.14. The molecule has 0 saturated carbocycles. The zero-order valence-corrected chi connectivity index (χ0v) is 10.5. The molecule has 1 amide bonds. The highest BCUT2D eigenvalue weighted by Gasteiger charge is 2.28. The van der Waals surface area contributed by atoms with Crippen LogP contribution in [0, 0.1) is 5.92 Å². The van der Waals surface area contributed by atoms with E-state index in [0.29, 0.717) is 18.9 Å². The van der Waals surface area contributed by atoms with Crippen LogP contribution in [0.5, 0.6) is 0 Å². The number of hydrogen-bond donors (Lipinski definition) is 3. The fraction of sp³-hybridized carbons (Fsp3) is 0.917. The number of likely N-dealkylation sites (tertiary alicyclic amines) is 1. The average molecular weight is 241 g/mol. The van der Waals surface area contributed by atoms with Crippen molar-refractivity contribution < 1.29 is 9.90 Å². The number of rotatable bonds is 3. The van der Waals surface area contributed by atoms with Crippen molar-refractivity contribution >= 4 is 5.91 Å². The van der Waals surface area contributed by atoms with Crippen molar-refractivity contribution in [3.05, 3.63) is 0 Å². The first-order chi connectivity index (χ1) is 8.15. The third-order valence-electron chi connectivity index (χ3n) is 3.83. The van der Waals surface area contributed by atoms with Gasteiger partial charge in [-0.05, 0) is 45.3 Å². The molecule has 2 aliphatic heterocycles. The molecular weight excluding hydrogens is 218 g/mol. The van der Waals surface area contributed by atoms with Crippen LogP contribution in [0.3, 0.4) is 0 Å². The van der Waals surface area contributed by atoms with Crippen molar-refractivity contribution in [2.45, 2.75) is 31.4 Å². The molecule has 2 fully saturated rings. The predicted octanol–water partition coefficient (Wildman–Crippen LogP) is -0.833. The summed E-state index contributed by atoms with van der Waals surface area (Å²) in [6.07, 6.45) is 2.50. The van der Waals surface area contributed by atoms with Gasteiger partial charge in [-0.15, -0.1) is 0 Å². The Hall–Kier alpha value is -0.650. The summed E-state index contributed by atoms with van der Waals surface area (Å²) in [4.78, 5) is 14.1. The number of nitrogens with one attached hydrogen (secondary N) is 2. The van der Waals surface area contributed by atoms with Gasteiger partial charge in [-0.25, -0.2) is 0 Å². The van der Waals surface area contributed by atoms with Crippen LogP contribution in [0.15, 0.2) is 0 Å². The minimum atomic E-state index is -0.367. The number of carbonyl (C=O) groups excluding carboxylic acids is 1. The molecule has 0 aromatic carbocycles. The molecule has 0 spiro atoms. The third kappa shape index (κ3) is 3.66. The number of aliphatic hydroxyl groups is 1. The fourth-order valence-corrected chi connectivity index (χ4v) is 2.55. The van der Waals surface area contributed by atoms with Gasteiger partial charge in [0.05, 0.1) is 12.1 Å². The SMILES string of the molecule is CN1CCC(CNC(=O)C2CC(O)CN2)CC1. The number of nitrogens with zero attached hydrogens (tertiary/aromatic N) is 1. The van der Waals surface area contributed by atoms with Crippen molar-refractivity contribution in [2.75, 3.05) is 33.2 Å². The molecule has 2 heterocycles. The standard InChI is InChI=1S/C12H23N3O2/c1-15-4-2-9(3-5-15)7-14-12(17)11-6-10(16)8-13-11/h9-11,13,16H,2-8H2,1H3,(H,14,17). The first-order valence-electron chi connectivity index (χ1n) is 6.53. The number of piperidine rings is 1. The molecule has 98 valence electrons. The van der Waals surface area contributed by atoms with E-state index in [1.54, 1.807) is 0 Å². The van der Waals surface area contributed by atoms with Gasteiger partial charge >= 0.3 is 0 Å². The second kappa shape index (κ2) is 5.80. The molecule has 0 bridgehead atoms. The maximum atomic E-state index is 11.8. The number of β-amino-alcohol motifs (C(OH)–C–C–N with tert-alkyl or cyclic N) is 1. The Morgan fingerprint density at radius 1 is 1.47 bits per heavy atom. The second-order valence-corrected chi connectivity index (χ2v) is 5.34. The number of amides is 1. The van der Waals surface area contributed by atoms with Crippen LogP contribution in [-0.4, -0.2) is 61.3 Å². The first kappa shape index (κ1) is 12.8. The highest BCUT2D eigenvalue weighted by atomic mass is 16.3. The molecule has 2 saturated heterocycles. The Kier molecular flexibility index (Phi) is 4.36. The van der Waals surface area contributed by atoms with Gasteiger partial charge in [0.25, 0.3) is 0 Å². The van der Waals surface area contributed by atoms with Crippen molar-refractivity contribution in [3.63, 3.8) is 0 Å². The zero-order chi connectivity index (χ0) is 12.3. The second-order valence-electron chi connectivity index (χ2n) is 5.34. The van der Waals surface area contributed by atoms with Crippen molar-refractivity contribution in [2.24, 2.45) is 5.92 Å². The molecule has 5 heteroatoms. The van der Waals surface area contributed by atoms with Crippen LogP contribution in [0.1, 0.15) is 19.3 Å². The molecule has 2 atom stereocenters. The van der Waals surface area contributed by atoms with E-state index >= 15 is 0 Å². The summed E-state index contributed by atoms with van der Waals surface area (Å²) < 4.78 is 0. The molecule has 2 rings (SSSR count). The minimum Gasteiger partial charge on any atom is -0.392 e. The van der Waals surface area contributed by atoms with Gasteiger partial charge in [-0.2, -0.15) is 0 Å². The first-order valence-corrected chi connectivity index (χ1v) is 6.53. The number of carbonyl (C=O) groups is 1. The Labute approximate surface area is 103 Å². The largest absolute Gasteiger partial charge is 0.392 e. The lowest BCUT2D eigenvalue weighted by atomic mass is 9.97. The summed E-state index contributed by atoms with van der Waals surface area (Å²) in [6, 6.07) is -0.198. The highest BCUT2D eigenvalue weighted by molar-refractivity contribution is 5.82. The molecule has 2 aliphatic rings. The van der Waals surface area contributed by atoms with Gasteiger partial charge in [0, 0.05) is 13.1 Å². The molecule has 17 heavy (non-hydrogen) atoms. The van der Waals surface area contributed by atoms with Gasteiger partial charge < -0.3 is 20.6 Å². The summed E-state index contributed by atoms with van der Waals surface area (Å²) in [5.74, 6) is 0.655. The highest BCUT2D eigenvalue weighted by Crippen LogP contribution is 2.15. The van der Waals surface area contributed by atoms with E-state index in [4.69, 9.17) is 0 Å². The maximum Gasteiger partial charge on any atom is 0.237 e. The Bertz CT molecular complexity index is 264. The van der Waals surface area contributed by atoms with Crippen LogP contribution in [0.2, 0.25) is 0 Å². The summed E-state index contributed by atoms with van der Waals surface area (Å²) >= 11 is 0. The average Bonchev–Trinajstić information content (AvgIpc) is 2.75. The minimum absolute atomic E-state index is 0.0421. The molecule has 0 aromatic rings. The molecule has 0 aliphatic carbocycles. The van der Waals surface area contributed by atoms with Crippen molar-refractivity contribution in [1.82, 2.24) is 15.5 Å². The normalized spacial score (nSPS) is 31.6. The van der Waals surface area contributed by atoms with Crippen molar-refractivity contribution in [3.8, 4) is 0 Å². The monoisotopic (exact) mass is 241 g/mol. The topological polar surface area (TPSA) is 64.6 Å². The molecule has 5 nitrogen and oxygen atoms in total. The van der Waals surface area contributed by atoms with Crippen LogP contribution >= 0.6 is 0 Å². The quantitative estimate of drug-likeness (QED) is 0.603. The van der Waals surface area contributed by atoms with E-state index in [0.717, 1.165) is 32.5 Å². The Morgan fingerprint density at radius 3 is 2.76 bits per heavy atom. The van der Waals surface area contributed by atoms with Gasteiger partial charge in [0.2, 0.25) is 5.91 Å². The van der Waals surface area contributed by atoms with Gasteiger partial charge in [-0.1, -0.05) is 0 Å². The number of hydrogen-bond acceptors (Lipinski definition) is 4. The smallest absolute Gasteiger partial charge is 0.237 e. The molecular formula is C12H23N3O2. The van der Waals surface area contributed by atoms with Crippen molar-refractivity contribution in [1.29, 1.82) is 0 Å². The zero-order valence-electron chi connectivity index (χ0n) is 10.5. The van der Waals surface area contributed by atoms with Crippen LogP contribution in [-0.2, 0) is 4.79 Å². The maximum absolute atomic E-state index is 11.8. The molecule has 0 aromatic heterocycles. The van der Waals surface area contributed by atoms with Gasteiger partial charge in [0.15, 0.2) is 0 Å². The van der Waals surface area contributed by atoms with Gasteiger partial charge in [0.1, 0.15) is 0 Å². The Balaban J connectivity index is 1.66. The summed E-state index contributed by atoms with van der Waals surface area (Å²) in [5, 5.41) is 15.4. The lowest BCUT2D eigenvalue weighted by Crippen LogP contribution is -2.43.